The summed E-state index contributed by atoms with van der Waals surface area (Å²) >= 11 is 2.04. The zero-order valence-electron chi connectivity index (χ0n) is 45.5. The third-order valence-electron chi connectivity index (χ3n) is 14.1. The SMILES string of the molecule is CCCCCCCCC1=C(c2cccc(CCCC)c2)[N+](=[N-])C(c2cccc(CCCC)c2)=C1CCCC.CCCCCCCCCCCCC[CH2][Ni][CH2]CCCCCCCCCCCCC. The molecule has 0 N–H and O–H groups in total. The number of aryl methyl sites for hydroxylation is 2. The first-order chi connectivity index (χ1) is 33.1. The zero-order valence-corrected chi connectivity index (χ0v) is 46.5. The van der Waals surface area contributed by atoms with Gasteiger partial charge >= 0.3 is 166 Å². The van der Waals surface area contributed by atoms with Crippen LogP contribution in [0.5, 0.6) is 0 Å². The van der Waals surface area contributed by atoms with E-state index in [2.05, 4.69) is 90.1 Å². The van der Waals surface area contributed by atoms with Crippen LogP contribution in [0.3, 0.4) is 0 Å². The Morgan fingerprint density at radius 2 is 0.612 bits per heavy atom. The van der Waals surface area contributed by atoms with Crippen molar-refractivity contribution in [3.63, 3.8) is 0 Å². The molecule has 0 unspecified atom stereocenters. The molecule has 1 aliphatic heterocycles. The Bertz CT molecular complexity index is 1510. The normalized spacial score (nSPS) is 12.8. The molecule has 0 amide bonds. The summed E-state index contributed by atoms with van der Waals surface area (Å²) in [5, 5.41) is 2.87. The van der Waals surface area contributed by atoms with Gasteiger partial charge in [0, 0.05) is 22.3 Å². The quantitative estimate of drug-likeness (QED) is 0.0359. The topological polar surface area (TPSA) is 25.3 Å². The number of benzene rings is 2. The first kappa shape index (κ1) is 61.1. The summed E-state index contributed by atoms with van der Waals surface area (Å²) in [7, 11) is 0. The Morgan fingerprint density at radius 1 is 0.328 bits per heavy atom. The second kappa shape index (κ2) is 44.0. The minimum absolute atomic E-state index is 1.02. The van der Waals surface area contributed by atoms with Crippen LogP contribution in [-0.2, 0) is 27.3 Å². The van der Waals surface area contributed by atoms with Gasteiger partial charge in [-0.15, -0.1) is 0 Å². The van der Waals surface area contributed by atoms with Crippen molar-refractivity contribution in [2.75, 3.05) is 0 Å². The molecule has 0 spiro atoms. The van der Waals surface area contributed by atoms with E-state index in [1.54, 1.807) is 4.70 Å². The summed E-state index contributed by atoms with van der Waals surface area (Å²) in [5.41, 5.74) is 21.8. The van der Waals surface area contributed by atoms with E-state index in [1.165, 1.54) is 251 Å². The zero-order chi connectivity index (χ0) is 48.3. The van der Waals surface area contributed by atoms with Crippen molar-refractivity contribution >= 4 is 11.4 Å². The molecule has 0 aliphatic carbocycles. The van der Waals surface area contributed by atoms with Crippen molar-refractivity contribution in [1.29, 1.82) is 0 Å². The van der Waals surface area contributed by atoms with Gasteiger partial charge in [0.05, 0.1) is 0 Å². The fourth-order valence-electron chi connectivity index (χ4n) is 9.81. The summed E-state index contributed by atoms with van der Waals surface area (Å²) in [6.07, 6.45) is 54.3. The molecular weight excluding hydrogens is 855 g/mol. The molecule has 1 aliphatic rings. The summed E-state index contributed by atoms with van der Waals surface area (Å²) in [4.78, 5) is 0. The van der Waals surface area contributed by atoms with Crippen LogP contribution in [-0.4, -0.2) is 4.70 Å². The molecule has 0 atom stereocenters. The van der Waals surface area contributed by atoms with Gasteiger partial charge in [-0.25, -0.2) is 4.70 Å². The molecule has 3 heteroatoms. The van der Waals surface area contributed by atoms with Crippen molar-refractivity contribution in [2.24, 2.45) is 0 Å². The van der Waals surface area contributed by atoms with E-state index in [0.29, 0.717) is 0 Å². The third-order valence-corrected chi connectivity index (χ3v) is 15.5. The maximum atomic E-state index is 11.9. The molecule has 2 aromatic rings. The van der Waals surface area contributed by atoms with Crippen molar-refractivity contribution < 1.29 is 19.1 Å². The summed E-state index contributed by atoms with van der Waals surface area (Å²) < 4.78 is 1.56. The van der Waals surface area contributed by atoms with E-state index in [9.17, 15) is 5.53 Å². The minimum Gasteiger partial charge on any atom is -0.0654 e. The van der Waals surface area contributed by atoms with Gasteiger partial charge in [-0.1, -0.05) is 130 Å². The molecule has 67 heavy (non-hydrogen) atoms. The maximum absolute atomic E-state index is 11.9. The Labute approximate surface area is 424 Å². The second-order valence-electron chi connectivity index (χ2n) is 20.4. The molecule has 0 fully saturated rings. The first-order valence-electron chi connectivity index (χ1n) is 29.6. The van der Waals surface area contributed by atoms with Crippen molar-refractivity contribution in [3.8, 4) is 0 Å². The molecule has 0 aromatic heterocycles. The van der Waals surface area contributed by atoms with Gasteiger partial charge in [0.25, 0.3) is 0 Å². The van der Waals surface area contributed by atoms with Crippen LogP contribution in [0, 0.1) is 0 Å². The predicted octanol–water partition coefficient (Wildman–Crippen LogP) is 22.8. The summed E-state index contributed by atoms with van der Waals surface area (Å²) in [5.74, 6) is 0. The molecule has 0 bridgehead atoms. The summed E-state index contributed by atoms with van der Waals surface area (Å²) in [6.45, 7) is 13.7. The Kier molecular flexibility index (Phi) is 40.1. The monoisotopic (exact) mass is 965 g/mol. The molecule has 3 rings (SSSR count). The average molecular weight is 966 g/mol. The smallest absolute Gasteiger partial charge is 0.0654 e. The fourth-order valence-corrected chi connectivity index (χ4v) is 11.0. The van der Waals surface area contributed by atoms with Crippen LogP contribution in [0.4, 0.5) is 0 Å². The second-order valence-corrected chi connectivity index (χ2v) is 21.9. The third kappa shape index (κ3) is 29.1. The molecule has 2 nitrogen and oxygen atoms in total. The number of hydrogen-bond acceptors (Lipinski definition) is 0. The van der Waals surface area contributed by atoms with Crippen LogP contribution in [0.2, 0.25) is 10.8 Å². The van der Waals surface area contributed by atoms with Crippen LogP contribution < -0.4 is 0 Å². The number of rotatable bonds is 44. The van der Waals surface area contributed by atoms with E-state index >= 15 is 0 Å². The van der Waals surface area contributed by atoms with E-state index in [4.69, 9.17) is 0 Å². The van der Waals surface area contributed by atoms with Gasteiger partial charge in [-0.05, 0) is 86.8 Å². The van der Waals surface area contributed by atoms with Gasteiger partial charge in [-0.3, -0.25) is 0 Å². The van der Waals surface area contributed by atoms with E-state index in [-0.39, 0.29) is 0 Å². The van der Waals surface area contributed by atoms with Gasteiger partial charge in [0.1, 0.15) is 0 Å². The molecule has 0 saturated heterocycles. The molecule has 0 saturated carbocycles. The first-order valence-corrected chi connectivity index (χ1v) is 31.0. The number of nitrogens with zero attached hydrogens (tertiary/aromatic N) is 2. The van der Waals surface area contributed by atoms with Crippen molar-refractivity contribution in [2.45, 2.75) is 309 Å². The molecular formula is C64H110N2Ni. The molecule has 2 aromatic carbocycles. The van der Waals surface area contributed by atoms with Crippen LogP contribution in [0.1, 0.15) is 308 Å². The molecule has 386 valence electrons. The van der Waals surface area contributed by atoms with Crippen LogP contribution in [0.25, 0.3) is 16.9 Å². The number of unbranched alkanes of at least 4 members (excludes halogenated alkanes) is 30. The van der Waals surface area contributed by atoms with Crippen LogP contribution >= 0.6 is 0 Å². The van der Waals surface area contributed by atoms with Gasteiger partial charge in [0.15, 0.2) is 0 Å². The van der Waals surface area contributed by atoms with Crippen molar-refractivity contribution in [1.82, 2.24) is 0 Å². The average Bonchev–Trinajstić information content (AvgIpc) is 3.63. The van der Waals surface area contributed by atoms with Crippen molar-refractivity contribution in [3.05, 3.63) is 87.5 Å². The molecule has 0 radical (unpaired) electrons. The van der Waals surface area contributed by atoms with Crippen LogP contribution in [0.15, 0.2) is 59.7 Å². The van der Waals surface area contributed by atoms with E-state index in [0.717, 1.165) is 61.0 Å². The standard InChI is InChI=1S/C36H52N2.2C14H29.Ni/c1-5-9-13-14-15-16-26-34-33(25-12-8-4)35(31-23-17-21-29(27-31)19-10-6-2)38(37)36(34)32-24-18-22-30(28-32)20-11-7-3;2*1-3-5-7-9-11-13-14-12-10-8-6-4-2;/h17-18,21-24,27-28H,5-16,19-20,25-26H2,1-4H3;2*1,3-14H2,2H3;. The summed E-state index contributed by atoms with van der Waals surface area (Å²) in [6, 6.07) is 17.9. The Hall–Kier alpha value is -1.99. The Balaban J connectivity index is 0.000000480. The van der Waals surface area contributed by atoms with E-state index < -0.39 is 0 Å². The predicted molar refractivity (Wildman–Crippen MR) is 297 cm³/mol. The van der Waals surface area contributed by atoms with Gasteiger partial charge in [0.2, 0.25) is 11.4 Å². The number of hydrogen-bond donors (Lipinski definition) is 0. The van der Waals surface area contributed by atoms with Gasteiger partial charge in [-0.2, -0.15) is 0 Å². The number of allylic oxidation sites excluding steroid dienone is 2. The van der Waals surface area contributed by atoms with E-state index in [1.807, 2.05) is 14.4 Å². The fraction of sp³-hybridized carbons (Fsp3) is 0.750. The van der Waals surface area contributed by atoms with Gasteiger partial charge < -0.3 is 5.53 Å². The molecule has 1 heterocycles. The minimum atomic E-state index is 1.02. The Morgan fingerprint density at radius 3 is 0.955 bits per heavy atom.